The van der Waals surface area contributed by atoms with Gasteiger partial charge in [-0.05, 0) is 26.3 Å². The Hall–Kier alpha value is -1.47. The third kappa shape index (κ3) is 6.22. The van der Waals surface area contributed by atoms with E-state index in [1.807, 2.05) is 0 Å². The first kappa shape index (κ1) is 15.9. The summed E-state index contributed by atoms with van der Waals surface area (Å²) < 4.78 is 7.49. The monoisotopic (exact) mass is 295 g/mol. The number of hydrogen-bond donors (Lipinski definition) is 1. The number of aryl methyl sites for hydroxylation is 1. The molecule has 21 heavy (non-hydrogen) atoms. The third-order valence-electron chi connectivity index (χ3n) is 3.70. The zero-order valence-corrected chi connectivity index (χ0v) is 12.7. The average Bonchev–Trinajstić information content (AvgIpc) is 3.00. The van der Waals surface area contributed by atoms with E-state index in [0.717, 1.165) is 39.0 Å². The molecule has 0 aliphatic carbocycles. The molecule has 1 N–H and O–H groups in total. The minimum atomic E-state index is 0.0461. The topological polar surface area (TPSA) is 72.3 Å². The zero-order valence-electron chi connectivity index (χ0n) is 12.7. The summed E-state index contributed by atoms with van der Waals surface area (Å²) >= 11 is 0. The number of carbonyl (C=O) groups excluding carboxylic acids is 1. The van der Waals surface area contributed by atoms with E-state index in [4.69, 9.17) is 4.74 Å². The maximum Gasteiger partial charge on any atom is 0.221 e. The lowest BCUT2D eigenvalue weighted by atomic mass is 10.1. The highest BCUT2D eigenvalue weighted by Gasteiger charge is 2.16. The Morgan fingerprint density at radius 3 is 2.95 bits per heavy atom. The number of rotatable bonds is 8. The van der Waals surface area contributed by atoms with Gasteiger partial charge in [0.15, 0.2) is 0 Å². The summed E-state index contributed by atoms with van der Waals surface area (Å²) in [7, 11) is 2.14. The normalized spacial score (nSPS) is 17.0. The first-order chi connectivity index (χ1) is 10.2. The summed E-state index contributed by atoms with van der Waals surface area (Å²) in [6.45, 7) is 4.19. The molecule has 0 radical (unpaired) electrons. The minimum Gasteiger partial charge on any atom is -0.378 e. The number of aromatic nitrogens is 3. The molecule has 1 aromatic heterocycles. The number of nitrogens with zero attached hydrogens (tertiary/aromatic N) is 4. The van der Waals surface area contributed by atoms with Crippen molar-refractivity contribution in [3.8, 4) is 0 Å². The Morgan fingerprint density at radius 2 is 2.24 bits per heavy atom. The molecule has 0 spiro atoms. The Morgan fingerprint density at radius 1 is 1.43 bits per heavy atom. The maximum atomic E-state index is 11.6. The summed E-state index contributed by atoms with van der Waals surface area (Å²) in [5, 5.41) is 6.86. The van der Waals surface area contributed by atoms with Gasteiger partial charge in [-0.1, -0.05) is 0 Å². The van der Waals surface area contributed by atoms with Crippen LogP contribution in [0, 0.1) is 0 Å². The van der Waals surface area contributed by atoms with Crippen LogP contribution in [0.4, 0.5) is 0 Å². The van der Waals surface area contributed by atoms with Gasteiger partial charge in [0.05, 0.1) is 12.6 Å². The van der Waals surface area contributed by atoms with Crippen LogP contribution in [0.3, 0.4) is 0 Å². The second kappa shape index (κ2) is 8.74. The van der Waals surface area contributed by atoms with Gasteiger partial charge in [-0.2, -0.15) is 5.10 Å². The van der Waals surface area contributed by atoms with Crippen molar-refractivity contribution in [1.82, 2.24) is 25.0 Å². The summed E-state index contributed by atoms with van der Waals surface area (Å²) in [6, 6.07) is 0. The van der Waals surface area contributed by atoms with E-state index in [2.05, 4.69) is 27.3 Å². The quantitative estimate of drug-likeness (QED) is 0.698. The molecular formula is C14H25N5O2. The molecule has 7 nitrogen and oxygen atoms in total. The van der Waals surface area contributed by atoms with Crippen molar-refractivity contribution < 1.29 is 9.53 Å². The molecule has 0 atom stereocenters. The molecule has 2 rings (SSSR count). The number of hydrogen-bond acceptors (Lipinski definition) is 5. The molecule has 2 heterocycles. The standard InChI is InChI=1S/C14H25N5O2/c1-18-7-3-13(4-8-18)21-10-2-6-16-14(20)5-9-19-12-15-11-17-19/h11-13H,2-10H2,1H3,(H,16,20). The van der Waals surface area contributed by atoms with Crippen LogP contribution in [-0.2, 0) is 16.1 Å². The van der Waals surface area contributed by atoms with Crippen LogP contribution in [0.2, 0.25) is 0 Å². The Kier molecular flexibility index (Phi) is 6.62. The van der Waals surface area contributed by atoms with Gasteiger partial charge < -0.3 is 15.0 Å². The summed E-state index contributed by atoms with van der Waals surface area (Å²) in [5.41, 5.74) is 0. The number of amides is 1. The zero-order chi connectivity index (χ0) is 14.9. The SMILES string of the molecule is CN1CCC(OCCCNC(=O)CCn2cncn2)CC1. The van der Waals surface area contributed by atoms with Crippen LogP contribution in [0.25, 0.3) is 0 Å². The number of piperidine rings is 1. The molecule has 1 amide bonds. The van der Waals surface area contributed by atoms with Crippen LogP contribution >= 0.6 is 0 Å². The van der Waals surface area contributed by atoms with Crippen molar-refractivity contribution in [2.24, 2.45) is 0 Å². The second-order valence-electron chi connectivity index (χ2n) is 5.49. The smallest absolute Gasteiger partial charge is 0.221 e. The summed E-state index contributed by atoms with van der Waals surface area (Å²) in [4.78, 5) is 17.8. The van der Waals surface area contributed by atoms with Crippen LogP contribution in [-0.4, -0.2) is 65.0 Å². The van der Waals surface area contributed by atoms with Crippen molar-refractivity contribution in [2.75, 3.05) is 33.3 Å². The van der Waals surface area contributed by atoms with Gasteiger partial charge in [-0.25, -0.2) is 4.98 Å². The molecule has 1 aromatic rings. The van der Waals surface area contributed by atoms with Gasteiger partial charge in [0.25, 0.3) is 0 Å². The van der Waals surface area contributed by atoms with Crippen molar-refractivity contribution in [2.45, 2.75) is 38.3 Å². The molecular weight excluding hydrogens is 270 g/mol. The van der Waals surface area contributed by atoms with E-state index < -0.39 is 0 Å². The first-order valence-electron chi connectivity index (χ1n) is 7.63. The molecule has 7 heteroatoms. The maximum absolute atomic E-state index is 11.6. The predicted molar refractivity (Wildman–Crippen MR) is 78.7 cm³/mol. The fourth-order valence-electron chi connectivity index (χ4n) is 2.35. The van der Waals surface area contributed by atoms with Crippen molar-refractivity contribution in [3.63, 3.8) is 0 Å². The van der Waals surface area contributed by atoms with Crippen LogP contribution in [0.15, 0.2) is 12.7 Å². The highest BCUT2D eigenvalue weighted by atomic mass is 16.5. The number of likely N-dealkylation sites (tertiary alicyclic amines) is 1. The van der Waals surface area contributed by atoms with E-state index in [1.54, 1.807) is 11.0 Å². The molecule has 1 saturated heterocycles. The summed E-state index contributed by atoms with van der Waals surface area (Å²) in [5.74, 6) is 0.0461. The second-order valence-corrected chi connectivity index (χ2v) is 5.49. The molecule has 1 aliphatic heterocycles. The van der Waals surface area contributed by atoms with Gasteiger partial charge in [-0.15, -0.1) is 0 Å². The number of carbonyl (C=O) groups is 1. The van der Waals surface area contributed by atoms with Crippen LogP contribution in [0.5, 0.6) is 0 Å². The molecule has 0 saturated carbocycles. The van der Waals surface area contributed by atoms with E-state index in [0.29, 0.717) is 25.6 Å². The van der Waals surface area contributed by atoms with E-state index >= 15 is 0 Å². The van der Waals surface area contributed by atoms with Crippen LogP contribution < -0.4 is 5.32 Å². The average molecular weight is 295 g/mol. The molecule has 0 aromatic carbocycles. The summed E-state index contributed by atoms with van der Waals surface area (Å²) in [6.07, 6.45) is 6.99. The number of ether oxygens (including phenoxy) is 1. The van der Waals surface area contributed by atoms with E-state index in [1.165, 1.54) is 6.33 Å². The van der Waals surface area contributed by atoms with Gasteiger partial charge in [-0.3, -0.25) is 9.48 Å². The van der Waals surface area contributed by atoms with Crippen molar-refractivity contribution in [1.29, 1.82) is 0 Å². The number of nitrogens with one attached hydrogen (secondary N) is 1. The molecule has 0 bridgehead atoms. The highest BCUT2D eigenvalue weighted by Crippen LogP contribution is 2.11. The fraction of sp³-hybridized carbons (Fsp3) is 0.786. The highest BCUT2D eigenvalue weighted by molar-refractivity contribution is 5.75. The van der Waals surface area contributed by atoms with Gasteiger partial charge in [0.2, 0.25) is 5.91 Å². The van der Waals surface area contributed by atoms with Crippen molar-refractivity contribution >= 4 is 5.91 Å². The van der Waals surface area contributed by atoms with Gasteiger partial charge in [0, 0.05) is 32.7 Å². The fourth-order valence-corrected chi connectivity index (χ4v) is 2.35. The first-order valence-corrected chi connectivity index (χ1v) is 7.63. The van der Waals surface area contributed by atoms with E-state index in [9.17, 15) is 4.79 Å². The lowest BCUT2D eigenvalue weighted by Crippen LogP contribution is -2.34. The van der Waals surface area contributed by atoms with Gasteiger partial charge in [0.1, 0.15) is 12.7 Å². The van der Waals surface area contributed by atoms with Crippen molar-refractivity contribution in [3.05, 3.63) is 12.7 Å². The third-order valence-corrected chi connectivity index (χ3v) is 3.70. The molecule has 1 aliphatic rings. The molecule has 118 valence electrons. The van der Waals surface area contributed by atoms with Crippen LogP contribution in [0.1, 0.15) is 25.7 Å². The lowest BCUT2D eigenvalue weighted by Gasteiger charge is -2.28. The molecule has 1 fully saturated rings. The molecule has 0 unspecified atom stereocenters. The predicted octanol–water partition coefficient (Wildman–Crippen LogP) is 0.285. The largest absolute Gasteiger partial charge is 0.378 e. The Bertz CT molecular complexity index is 402. The van der Waals surface area contributed by atoms with E-state index in [-0.39, 0.29) is 5.91 Å². The lowest BCUT2D eigenvalue weighted by molar-refractivity contribution is -0.121. The minimum absolute atomic E-state index is 0.0461. The van der Waals surface area contributed by atoms with Gasteiger partial charge >= 0.3 is 0 Å². The Balaban J connectivity index is 1.45. The Labute approximate surface area is 125 Å².